The monoisotopic (exact) mass is 366 g/mol. The van der Waals surface area contributed by atoms with E-state index in [0.717, 1.165) is 12.1 Å². The summed E-state index contributed by atoms with van der Waals surface area (Å²) in [4.78, 5) is 0. The molecule has 9 heteroatoms. The van der Waals surface area contributed by atoms with Gasteiger partial charge in [-0.1, -0.05) is 19.1 Å². The Morgan fingerprint density at radius 2 is 1.75 bits per heavy atom. The Bertz CT molecular complexity index is 641. The smallest absolute Gasteiger partial charge is 0.379 e. The molecule has 1 aliphatic heterocycles. The van der Waals surface area contributed by atoms with E-state index in [-0.39, 0.29) is 19.6 Å². The van der Waals surface area contributed by atoms with Crippen LogP contribution in [0.1, 0.15) is 31.0 Å². The summed E-state index contributed by atoms with van der Waals surface area (Å²) in [5.74, 6) is 0. The van der Waals surface area contributed by atoms with Crippen molar-refractivity contribution in [3.05, 3.63) is 35.4 Å². The summed E-state index contributed by atoms with van der Waals surface area (Å²) in [6, 6.07) is 4.03. The number of halogens is 3. The fourth-order valence-corrected chi connectivity index (χ4v) is 4.43. The minimum absolute atomic E-state index is 0.224. The van der Waals surface area contributed by atoms with Crippen LogP contribution in [0.5, 0.6) is 0 Å². The first-order valence-electron chi connectivity index (χ1n) is 7.69. The molecule has 1 fully saturated rings. The van der Waals surface area contributed by atoms with Crippen LogP contribution in [0.4, 0.5) is 13.2 Å². The Kier molecular flexibility index (Phi) is 5.90. The van der Waals surface area contributed by atoms with E-state index < -0.39 is 28.0 Å². The van der Waals surface area contributed by atoms with Crippen molar-refractivity contribution >= 4 is 10.2 Å². The number of morpholine rings is 1. The van der Waals surface area contributed by atoms with Crippen LogP contribution in [0.25, 0.3) is 0 Å². The summed E-state index contributed by atoms with van der Waals surface area (Å²) in [5, 5.41) is 0. The predicted octanol–water partition coefficient (Wildman–Crippen LogP) is 2.67. The standard InChI is InChI=1S/C15H21F3N2O3S/c1-3-20(24(21,22)19-8-10-23-11-9-19)12(2)13-4-6-14(7-5-13)15(16,17)18/h4-7,12H,3,8-11H2,1-2H3/t12-/m0/s1. The van der Waals surface area contributed by atoms with Gasteiger partial charge >= 0.3 is 6.18 Å². The molecule has 1 aliphatic rings. The van der Waals surface area contributed by atoms with E-state index in [9.17, 15) is 21.6 Å². The Morgan fingerprint density at radius 3 is 2.21 bits per heavy atom. The molecule has 0 radical (unpaired) electrons. The zero-order chi connectivity index (χ0) is 18.0. The molecule has 0 bridgehead atoms. The fourth-order valence-electron chi connectivity index (χ4n) is 2.68. The molecule has 136 valence electrons. The highest BCUT2D eigenvalue weighted by Crippen LogP contribution is 2.31. The lowest BCUT2D eigenvalue weighted by Gasteiger charge is -2.34. The van der Waals surface area contributed by atoms with Crippen LogP contribution in [0.3, 0.4) is 0 Å². The molecule has 0 unspecified atom stereocenters. The lowest BCUT2D eigenvalue weighted by atomic mass is 10.1. The molecule has 24 heavy (non-hydrogen) atoms. The van der Waals surface area contributed by atoms with Crippen molar-refractivity contribution in [3.63, 3.8) is 0 Å². The van der Waals surface area contributed by atoms with Crippen LogP contribution >= 0.6 is 0 Å². The van der Waals surface area contributed by atoms with Crippen molar-refractivity contribution in [2.75, 3.05) is 32.8 Å². The Labute approximate surface area is 140 Å². The molecule has 1 atom stereocenters. The van der Waals surface area contributed by atoms with Gasteiger partial charge in [-0.05, 0) is 24.6 Å². The number of nitrogens with zero attached hydrogens (tertiary/aromatic N) is 2. The lowest BCUT2D eigenvalue weighted by molar-refractivity contribution is -0.137. The molecule has 5 nitrogen and oxygen atoms in total. The Hall–Kier alpha value is -1.16. The summed E-state index contributed by atoms with van der Waals surface area (Å²) >= 11 is 0. The molecule has 1 heterocycles. The van der Waals surface area contributed by atoms with Crippen molar-refractivity contribution in [1.29, 1.82) is 0 Å². The van der Waals surface area contributed by atoms with Gasteiger partial charge in [-0.25, -0.2) is 0 Å². The van der Waals surface area contributed by atoms with E-state index in [1.54, 1.807) is 13.8 Å². The number of alkyl halides is 3. The van der Waals surface area contributed by atoms with Gasteiger partial charge in [0.1, 0.15) is 0 Å². The summed E-state index contributed by atoms with van der Waals surface area (Å²) < 4.78 is 71.3. The average molecular weight is 366 g/mol. The fraction of sp³-hybridized carbons (Fsp3) is 0.600. The van der Waals surface area contributed by atoms with Gasteiger partial charge in [-0.3, -0.25) is 0 Å². The molecule has 2 rings (SSSR count). The van der Waals surface area contributed by atoms with Crippen LogP contribution in [-0.4, -0.2) is 49.9 Å². The molecule has 0 aromatic heterocycles. The topological polar surface area (TPSA) is 49.9 Å². The molecule has 0 amide bonds. The summed E-state index contributed by atoms with van der Waals surface area (Å²) in [7, 11) is -3.70. The maximum absolute atomic E-state index is 12.8. The zero-order valence-electron chi connectivity index (χ0n) is 13.6. The average Bonchev–Trinajstić information content (AvgIpc) is 2.55. The molecular formula is C15H21F3N2O3S. The number of benzene rings is 1. The van der Waals surface area contributed by atoms with E-state index >= 15 is 0 Å². The highest BCUT2D eigenvalue weighted by atomic mass is 32.2. The SMILES string of the molecule is CCN([C@@H](C)c1ccc(C(F)(F)F)cc1)S(=O)(=O)N1CCOCC1. The van der Waals surface area contributed by atoms with Gasteiger partial charge in [-0.2, -0.15) is 30.2 Å². The lowest BCUT2D eigenvalue weighted by Crippen LogP contribution is -2.49. The van der Waals surface area contributed by atoms with E-state index in [1.165, 1.54) is 20.7 Å². The van der Waals surface area contributed by atoms with Crippen LogP contribution < -0.4 is 0 Å². The molecule has 0 spiro atoms. The third-order valence-electron chi connectivity index (χ3n) is 4.06. The third kappa shape index (κ3) is 4.08. The van der Waals surface area contributed by atoms with Crippen LogP contribution in [-0.2, 0) is 21.1 Å². The quantitative estimate of drug-likeness (QED) is 0.805. The second-order valence-electron chi connectivity index (χ2n) is 5.52. The van der Waals surface area contributed by atoms with Gasteiger partial charge in [0.2, 0.25) is 0 Å². The van der Waals surface area contributed by atoms with Gasteiger partial charge in [-0.15, -0.1) is 0 Å². The van der Waals surface area contributed by atoms with Crippen molar-refractivity contribution < 1.29 is 26.3 Å². The van der Waals surface area contributed by atoms with E-state index in [1.807, 2.05) is 0 Å². The van der Waals surface area contributed by atoms with Crippen molar-refractivity contribution in [1.82, 2.24) is 8.61 Å². The molecule has 0 N–H and O–H groups in total. The maximum Gasteiger partial charge on any atom is 0.416 e. The largest absolute Gasteiger partial charge is 0.416 e. The molecule has 1 aromatic carbocycles. The van der Waals surface area contributed by atoms with Gasteiger partial charge in [0.25, 0.3) is 10.2 Å². The highest BCUT2D eigenvalue weighted by Gasteiger charge is 2.34. The van der Waals surface area contributed by atoms with Gasteiger partial charge in [0.15, 0.2) is 0 Å². The van der Waals surface area contributed by atoms with Gasteiger partial charge in [0.05, 0.1) is 18.8 Å². The number of ether oxygens (including phenoxy) is 1. The van der Waals surface area contributed by atoms with Gasteiger partial charge < -0.3 is 4.74 Å². The van der Waals surface area contributed by atoms with Crippen molar-refractivity contribution in [3.8, 4) is 0 Å². The molecule has 1 aromatic rings. The Balaban J connectivity index is 2.23. The molecule has 0 aliphatic carbocycles. The number of rotatable bonds is 5. The van der Waals surface area contributed by atoms with Crippen LogP contribution in [0.2, 0.25) is 0 Å². The molecular weight excluding hydrogens is 345 g/mol. The van der Waals surface area contributed by atoms with Crippen LogP contribution in [0, 0.1) is 0 Å². The number of hydrogen-bond donors (Lipinski definition) is 0. The van der Waals surface area contributed by atoms with Crippen molar-refractivity contribution in [2.24, 2.45) is 0 Å². The van der Waals surface area contributed by atoms with E-state index in [0.29, 0.717) is 18.8 Å². The summed E-state index contributed by atoms with van der Waals surface area (Å²) in [6.07, 6.45) is -4.41. The minimum Gasteiger partial charge on any atom is -0.379 e. The Morgan fingerprint density at radius 1 is 1.21 bits per heavy atom. The first kappa shape index (κ1) is 19.2. The highest BCUT2D eigenvalue weighted by molar-refractivity contribution is 7.86. The van der Waals surface area contributed by atoms with Crippen LogP contribution in [0.15, 0.2) is 24.3 Å². The predicted molar refractivity (Wildman–Crippen MR) is 83.6 cm³/mol. The normalized spacial score (nSPS) is 18.8. The molecule has 1 saturated heterocycles. The third-order valence-corrected chi connectivity index (χ3v) is 6.24. The van der Waals surface area contributed by atoms with Gasteiger partial charge in [0, 0.05) is 25.7 Å². The minimum atomic E-state index is -4.41. The maximum atomic E-state index is 12.8. The second-order valence-corrected chi connectivity index (χ2v) is 7.40. The zero-order valence-corrected chi connectivity index (χ0v) is 14.4. The first-order valence-corrected chi connectivity index (χ1v) is 9.09. The first-order chi connectivity index (χ1) is 11.2. The molecule has 0 saturated carbocycles. The second kappa shape index (κ2) is 7.38. The van der Waals surface area contributed by atoms with E-state index in [2.05, 4.69) is 0 Å². The summed E-state index contributed by atoms with van der Waals surface area (Å²) in [5.41, 5.74) is -0.237. The van der Waals surface area contributed by atoms with E-state index in [4.69, 9.17) is 4.74 Å². The number of hydrogen-bond acceptors (Lipinski definition) is 3. The van der Waals surface area contributed by atoms with Crippen molar-refractivity contribution in [2.45, 2.75) is 26.1 Å². The summed E-state index contributed by atoms with van der Waals surface area (Å²) in [6.45, 7) is 4.83.